The van der Waals surface area contributed by atoms with E-state index in [1.807, 2.05) is 11.8 Å². The van der Waals surface area contributed by atoms with Crippen LogP contribution in [0.2, 0.25) is 0 Å². The first-order valence-corrected chi connectivity index (χ1v) is 6.64. The number of likely N-dealkylation sites (tertiary alicyclic amines) is 1. The van der Waals surface area contributed by atoms with Gasteiger partial charge >= 0.3 is 0 Å². The van der Waals surface area contributed by atoms with Crippen LogP contribution in [-0.4, -0.2) is 23.9 Å². The number of carbonyl (C=O) groups is 1. The second kappa shape index (κ2) is 5.20. The highest BCUT2D eigenvalue weighted by Crippen LogP contribution is 2.36. The average molecular weight is 225 g/mol. The van der Waals surface area contributed by atoms with Crippen molar-refractivity contribution in [3.63, 3.8) is 0 Å². The van der Waals surface area contributed by atoms with Crippen molar-refractivity contribution in [2.45, 2.75) is 53.9 Å². The molecule has 0 spiro atoms. The molecule has 2 heteroatoms. The van der Waals surface area contributed by atoms with Crippen LogP contribution in [0, 0.1) is 17.3 Å². The molecule has 0 aromatic carbocycles. The van der Waals surface area contributed by atoms with Crippen LogP contribution >= 0.6 is 0 Å². The molecule has 1 amide bonds. The first kappa shape index (κ1) is 13.5. The van der Waals surface area contributed by atoms with Crippen molar-refractivity contribution < 1.29 is 4.79 Å². The van der Waals surface area contributed by atoms with Crippen molar-refractivity contribution in [1.29, 1.82) is 0 Å². The molecular weight excluding hydrogens is 198 g/mol. The SMILES string of the molecule is CCC(=O)N1CCC(C(C)C(C)(C)C)CC1. The molecule has 0 aromatic heterocycles. The topological polar surface area (TPSA) is 20.3 Å². The largest absolute Gasteiger partial charge is 0.343 e. The molecule has 1 saturated heterocycles. The van der Waals surface area contributed by atoms with Gasteiger partial charge in [0.05, 0.1) is 0 Å². The van der Waals surface area contributed by atoms with Crippen LogP contribution in [0.15, 0.2) is 0 Å². The maximum Gasteiger partial charge on any atom is 0.222 e. The van der Waals surface area contributed by atoms with Gasteiger partial charge in [0, 0.05) is 19.5 Å². The monoisotopic (exact) mass is 225 g/mol. The van der Waals surface area contributed by atoms with Crippen LogP contribution < -0.4 is 0 Å². The molecule has 0 N–H and O–H groups in total. The number of hydrogen-bond donors (Lipinski definition) is 0. The van der Waals surface area contributed by atoms with E-state index in [0.29, 0.717) is 17.7 Å². The van der Waals surface area contributed by atoms with Gasteiger partial charge < -0.3 is 4.90 Å². The van der Waals surface area contributed by atoms with Gasteiger partial charge in [0.25, 0.3) is 0 Å². The fraction of sp³-hybridized carbons (Fsp3) is 0.929. The summed E-state index contributed by atoms with van der Waals surface area (Å²) in [6, 6.07) is 0. The van der Waals surface area contributed by atoms with Gasteiger partial charge in [-0.05, 0) is 30.1 Å². The summed E-state index contributed by atoms with van der Waals surface area (Å²) in [7, 11) is 0. The molecule has 0 saturated carbocycles. The van der Waals surface area contributed by atoms with Gasteiger partial charge in [0.1, 0.15) is 0 Å². The molecule has 2 nitrogen and oxygen atoms in total. The molecule has 1 heterocycles. The molecule has 16 heavy (non-hydrogen) atoms. The van der Waals surface area contributed by atoms with Gasteiger partial charge in [-0.1, -0.05) is 34.6 Å². The van der Waals surface area contributed by atoms with Crippen LogP contribution in [0.1, 0.15) is 53.9 Å². The summed E-state index contributed by atoms with van der Waals surface area (Å²) in [5, 5.41) is 0. The molecule has 1 aliphatic rings. The molecule has 1 atom stereocenters. The minimum atomic E-state index is 0.321. The fourth-order valence-electron chi connectivity index (χ4n) is 2.58. The van der Waals surface area contributed by atoms with Gasteiger partial charge in [-0.25, -0.2) is 0 Å². The van der Waals surface area contributed by atoms with E-state index < -0.39 is 0 Å². The molecule has 94 valence electrons. The van der Waals surface area contributed by atoms with E-state index in [9.17, 15) is 4.79 Å². The summed E-state index contributed by atoms with van der Waals surface area (Å²) in [5.41, 5.74) is 0.390. The van der Waals surface area contributed by atoms with E-state index in [1.54, 1.807) is 0 Å². The maximum absolute atomic E-state index is 11.6. The summed E-state index contributed by atoms with van der Waals surface area (Å²) < 4.78 is 0. The van der Waals surface area contributed by atoms with Gasteiger partial charge in [0.2, 0.25) is 5.91 Å². The quantitative estimate of drug-likeness (QED) is 0.706. The first-order chi connectivity index (χ1) is 7.36. The summed E-state index contributed by atoms with van der Waals surface area (Å²) in [5.74, 6) is 1.86. The Balaban J connectivity index is 2.46. The van der Waals surface area contributed by atoms with E-state index in [1.165, 1.54) is 12.8 Å². The molecular formula is C14H27NO. The Hall–Kier alpha value is -0.530. The fourth-order valence-corrected chi connectivity index (χ4v) is 2.58. The number of amides is 1. The van der Waals surface area contributed by atoms with Crippen molar-refractivity contribution in [3.8, 4) is 0 Å². The minimum absolute atomic E-state index is 0.321. The van der Waals surface area contributed by atoms with Crippen LogP contribution in [-0.2, 0) is 4.79 Å². The summed E-state index contributed by atoms with van der Waals surface area (Å²) in [6.07, 6.45) is 3.02. The zero-order valence-electron chi connectivity index (χ0n) is 11.5. The Bertz CT molecular complexity index is 234. The molecule has 0 radical (unpaired) electrons. The zero-order chi connectivity index (χ0) is 12.3. The van der Waals surface area contributed by atoms with Crippen LogP contribution in [0.4, 0.5) is 0 Å². The third-order valence-electron chi connectivity index (χ3n) is 4.27. The lowest BCUT2D eigenvalue weighted by Gasteiger charge is -2.40. The summed E-state index contributed by atoms with van der Waals surface area (Å²) in [4.78, 5) is 13.6. The zero-order valence-corrected chi connectivity index (χ0v) is 11.5. The van der Waals surface area contributed by atoms with E-state index in [-0.39, 0.29) is 0 Å². The predicted octanol–water partition coefficient (Wildman–Crippen LogP) is 3.32. The van der Waals surface area contributed by atoms with E-state index >= 15 is 0 Å². The number of rotatable bonds is 2. The lowest BCUT2D eigenvalue weighted by molar-refractivity contribution is -0.132. The Morgan fingerprint density at radius 2 is 1.81 bits per heavy atom. The second-order valence-electron chi connectivity index (χ2n) is 6.23. The number of hydrogen-bond acceptors (Lipinski definition) is 1. The molecule has 0 bridgehead atoms. The smallest absolute Gasteiger partial charge is 0.222 e. The van der Waals surface area contributed by atoms with Gasteiger partial charge in [0.15, 0.2) is 0 Å². The molecule has 1 aliphatic heterocycles. The highest BCUT2D eigenvalue weighted by molar-refractivity contribution is 5.75. The molecule has 0 aliphatic carbocycles. The van der Waals surface area contributed by atoms with Crippen LogP contribution in [0.25, 0.3) is 0 Å². The molecule has 1 fully saturated rings. The molecule has 0 aromatic rings. The highest BCUT2D eigenvalue weighted by atomic mass is 16.2. The summed E-state index contributed by atoms with van der Waals surface area (Å²) in [6.45, 7) is 13.2. The van der Waals surface area contributed by atoms with E-state index in [4.69, 9.17) is 0 Å². The molecule has 1 rings (SSSR count). The van der Waals surface area contributed by atoms with Crippen molar-refractivity contribution in [2.75, 3.05) is 13.1 Å². The Labute approximate surface area is 100 Å². The van der Waals surface area contributed by atoms with Crippen molar-refractivity contribution in [1.82, 2.24) is 4.90 Å². The predicted molar refractivity (Wildman–Crippen MR) is 68.2 cm³/mol. The Morgan fingerprint density at radius 1 is 1.31 bits per heavy atom. The minimum Gasteiger partial charge on any atom is -0.343 e. The lowest BCUT2D eigenvalue weighted by Crippen LogP contribution is -2.41. The standard InChI is InChI=1S/C14H27NO/c1-6-13(16)15-9-7-12(8-10-15)11(2)14(3,4)5/h11-12H,6-10H2,1-5H3. The van der Waals surface area contributed by atoms with Gasteiger partial charge in [-0.15, -0.1) is 0 Å². The van der Waals surface area contributed by atoms with Crippen molar-refractivity contribution >= 4 is 5.91 Å². The Kier molecular flexibility index (Phi) is 4.40. The van der Waals surface area contributed by atoms with E-state index in [2.05, 4.69) is 27.7 Å². The third kappa shape index (κ3) is 3.23. The second-order valence-corrected chi connectivity index (χ2v) is 6.23. The number of piperidine rings is 1. The Morgan fingerprint density at radius 3 is 2.19 bits per heavy atom. The third-order valence-corrected chi connectivity index (χ3v) is 4.27. The highest BCUT2D eigenvalue weighted by Gasteiger charge is 2.31. The maximum atomic E-state index is 11.6. The van der Waals surface area contributed by atoms with Gasteiger partial charge in [-0.3, -0.25) is 4.79 Å². The van der Waals surface area contributed by atoms with Crippen LogP contribution in [0.5, 0.6) is 0 Å². The average Bonchev–Trinajstić information content (AvgIpc) is 2.26. The summed E-state index contributed by atoms with van der Waals surface area (Å²) >= 11 is 0. The number of carbonyl (C=O) groups excluding carboxylic acids is 1. The first-order valence-electron chi connectivity index (χ1n) is 6.64. The van der Waals surface area contributed by atoms with Crippen molar-refractivity contribution in [3.05, 3.63) is 0 Å². The van der Waals surface area contributed by atoms with Crippen molar-refractivity contribution in [2.24, 2.45) is 17.3 Å². The van der Waals surface area contributed by atoms with Crippen LogP contribution in [0.3, 0.4) is 0 Å². The normalized spacial score (nSPS) is 20.9. The number of nitrogens with zero attached hydrogens (tertiary/aromatic N) is 1. The van der Waals surface area contributed by atoms with Gasteiger partial charge in [-0.2, -0.15) is 0 Å². The van der Waals surface area contributed by atoms with E-state index in [0.717, 1.165) is 24.9 Å². The lowest BCUT2D eigenvalue weighted by atomic mass is 9.71. The molecule has 1 unspecified atom stereocenters.